The molecule has 0 radical (unpaired) electrons. The lowest BCUT2D eigenvalue weighted by atomic mass is 10.1. The van der Waals surface area contributed by atoms with Crippen LogP contribution in [0.5, 0.6) is 0 Å². The highest BCUT2D eigenvalue weighted by Gasteiger charge is 2.26. The summed E-state index contributed by atoms with van der Waals surface area (Å²) < 4.78 is 7.12. The van der Waals surface area contributed by atoms with Gasteiger partial charge in [0.15, 0.2) is 11.5 Å². The first-order valence-corrected chi connectivity index (χ1v) is 13.7. The number of piperidine rings is 1. The lowest BCUT2D eigenvalue weighted by molar-refractivity contribution is 0.0303. The molecule has 1 aromatic carbocycles. The number of ether oxygens (including phenoxy) is 1. The van der Waals surface area contributed by atoms with Gasteiger partial charge in [0.1, 0.15) is 5.65 Å². The van der Waals surface area contributed by atoms with E-state index >= 15 is 0 Å². The summed E-state index contributed by atoms with van der Waals surface area (Å²) in [5, 5.41) is 14.4. The Bertz CT molecular complexity index is 1620. The molecular weight excluding hydrogens is 540 g/mol. The van der Waals surface area contributed by atoms with Crippen molar-refractivity contribution in [2.75, 3.05) is 49.6 Å². The van der Waals surface area contributed by atoms with Gasteiger partial charge in [-0.25, -0.2) is 4.98 Å². The van der Waals surface area contributed by atoms with Crippen LogP contribution in [0.1, 0.15) is 44.0 Å². The molecule has 42 heavy (non-hydrogen) atoms. The molecule has 5 heterocycles. The molecule has 3 aromatic heterocycles. The van der Waals surface area contributed by atoms with Crippen LogP contribution in [0.3, 0.4) is 0 Å². The van der Waals surface area contributed by atoms with E-state index in [-0.39, 0.29) is 29.4 Å². The number of nitrogens with one attached hydrogen (secondary N) is 2. The van der Waals surface area contributed by atoms with Crippen molar-refractivity contribution in [3.05, 3.63) is 71.8 Å². The first-order valence-electron chi connectivity index (χ1n) is 13.7. The average molecular weight is 571 g/mol. The first-order chi connectivity index (χ1) is 20.4. The SMILES string of the molecule is NC(=O)c1nnc(N2CCCC(NC(=O)c3ccc4nccn4c3)C2)nc1Nc1ccc(C(=O)N2CCOCC2)cc1. The van der Waals surface area contributed by atoms with Crippen LogP contribution in [0.4, 0.5) is 17.5 Å². The zero-order valence-electron chi connectivity index (χ0n) is 22.8. The van der Waals surface area contributed by atoms with Crippen molar-refractivity contribution in [2.45, 2.75) is 18.9 Å². The van der Waals surface area contributed by atoms with Crippen LogP contribution in [0, 0.1) is 0 Å². The van der Waals surface area contributed by atoms with Gasteiger partial charge in [-0.1, -0.05) is 0 Å². The number of pyridine rings is 1. The van der Waals surface area contributed by atoms with Crippen LogP contribution in [-0.2, 0) is 4.74 Å². The maximum absolute atomic E-state index is 13.0. The van der Waals surface area contributed by atoms with Crippen LogP contribution < -0.4 is 21.3 Å². The van der Waals surface area contributed by atoms with E-state index in [4.69, 9.17) is 10.5 Å². The van der Waals surface area contributed by atoms with E-state index in [1.807, 2.05) is 4.90 Å². The van der Waals surface area contributed by atoms with Crippen molar-refractivity contribution in [1.82, 2.24) is 34.8 Å². The summed E-state index contributed by atoms with van der Waals surface area (Å²) in [4.78, 5) is 50.3. The summed E-state index contributed by atoms with van der Waals surface area (Å²) in [6.07, 6.45) is 6.81. The number of nitrogens with two attached hydrogens (primary N) is 1. The highest BCUT2D eigenvalue weighted by Crippen LogP contribution is 2.23. The minimum absolute atomic E-state index is 0.0670. The lowest BCUT2D eigenvalue weighted by Gasteiger charge is -2.33. The zero-order chi connectivity index (χ0) is 29.1. The van der Waals surface area contributed by atoms with E-state index in [9.17, 15) is 14.4 Å². The Morgan fingerprint density at radius 1 is 0.976 bits per heavy atom. The van der Waals surface area contributed by atoms with E-state index in [2.05, 4.69) is 30.8 Å². The standard InChI is InChI=1S/C28H30N10O4/c29-24(39)23-25(31-20-6-3-18(4-7-20)27(41)36-12-14-42-15-13-36)33-28(35-34-23)38-10-1-2-21(17-38)32-26(40)19-5-8-22-30-9-11-37(22)16-19/h3-9,11,16,21H,1-2,10,12-15,17H2,(H2,29,39)(H,32,40)(H,31,33,35). The molecule has 0 aliphatic carbocycles. The summed E-state index contributed by atoms with van der Waals surface area (Å²) in [6.45, 7) is 3.28. The molecule has 1 unspecified atom stereocenters. The van der Waals surface area contributed by atoms with Crippen LogP contribution in [0.15, 0.2) is 55.0 Å². The number of aromatic nitrogens is 5. The predicted octanol–water partition coefficient (Wildman–Crippen LogP) is 1.23. The van der Waals surface area contributed by atoms with Gasteiger partial charge in [0.05, 0.1) is 18.8 Å². The Morgan fingerprint density at radius 3 is 2.55 bits per heavy atom. The number of benzene rings is 1. The Balaban J connectivity index is 1.14. The molecule has 3 amide bonds. The molecule has 4 N–H and O–H groups in total. The van der Waals surface area contributed by atoms with Gasteiger partial charge >= 0.3 is 0 Å². The van der Waals surface area contributed by atoms with Crippen molar-refractivity contribution < 1.29 is 19.1 Å². The van der Waals surface area contributed by atoms with Gasteiger partial charge in [0.2, 0.25) is 5.95 Å². The lowest BCUT2D eigenvalue weighted by Crippen LogP contribution is -2.48. The van der Waals surface area contributed by atoms with Crippen molar-refractivity contribution >= 4 is 40.8 Å². The topological polar surface area (TPSA) is 173 Å². The largest absolute Gasteiger partial charge is 0.378 e. The van der Waals surface area contributed by atoms with E-state index in [1.54, 1.807) is 64.3 Å². The van der Waals surface area contributed by atoms with E-state index in [0.717, 1.165) is 18.5 Å². The Hall–Kier alpha value is -5.11. The van der Waals surface area contributed by atoms with Gasteiger partial charge in [0.25, 0.3) is 17.7 Å². The Morgan fingerprint density at radius 2 is 1.76 bits per heavy atom. The number of hydrogen-bond acceptors (Lipinski definition) is 10. The molecule has 0 spiro atoms. The molecule has 216 valence electrons. The van der Waals surface area contributed by atoms with Gasteiger partial charge in [-0.15, -0.1) is 10.2 Å². The molecule has 0 bridgehead atoms. The molecule has 6 rings (SSSR count). The third kappa shape index (κ3) is 5.83. The highest BCUT2D eigenvalue weighted by atomic mass is 16.5. The summed E-state index contributed by atoms with van der Waals surface area (Å²) in [5.74, 6) is -0.567. The number of primary amides is 1. The predicted molar refractivity (Wildman–Crippen MR) is 153 cm³/mol. The highest BCUT2D eigenvalue weighted by molar-refractivity contribution is 5.97. The van der Waals surface area contributed by atoms with Crippen LogP contribution >= 0.6 is 0 Å². The maximum atomic E-state index is 13.0. The summed E-state index contributed by atoms with van der Waals surface area (Å²) in [7, 11) is 0. The molecule has 2 aliphatic heterocycles. The molecule has 4 aromatic rings. The number of morpholine rings is 1. The minimum Gasteiger partial charge on any atom is -0.378 e. The van der Waals surface area contributed by atoms with E-state index in [1.165, 1.54) is 0 Å². The smallest absolute Gasteiger partial charge is 0.273 e. The number of hydrogen-bond donors (Lipinski definition) is 3. The molecule has 14 heteroatoms. The summed E-state index contributed by atoms with van der Waals surface area (Å²) in [5.41, 5.74) is 7.89. The monoisotopic (exact) mass is 570 g/mol. The van der Waals surface area contributed by atoms with E-state index in [0.29, 0.717) is 62.2 Å². The molecule has 2 aliphatic rings. The quantitative estimate of drug-likeness (QED) is 0.293. The van der Waals surface area contributed by atoms with Crippen molar-refractivity contribution in [2.24, 2.45) is 5.73 Å². The van der Waals surface area contributed by atoms with Gasteiger partial charge in [-0.2, -0.15) is 4.98 Å². The molecule has 0 saturated carbocycles. The van der Waals surface area contributed by atoms with Crippen molar-refractivity contribution in [3.8, 4) is 0 Å². The van der Waals surface area contributed by atoms with Gasteiger partial charge in [-0.3, -0.25) is 14.4 Å². The number of carbonyl (C=O) groups is 3. The summed E-state index contributed by atoms with van der Waals surface area (Å²) in [6, 6.07) is 10.3. The average Bonchev–Trinajstić information content (AvgIpc) is 3.50. The number of amides is 3. The number of nitrogens with zero attached hydrogens (tertiary/aromatic N) is 7. The maximum Gasteiger partial charge on any atom is 0.273 e. The van der Waals surface area contributed by atoms with Crippen LogP contribution in [0.25, 0.3) is 5.65 Å². The molecular formula is C28H30N10O4. The van der Waals surface area contributed by atoms with Crippen molar-refractivity contribution in [3.63, 3.8) is 0 Å². The third-order valence-electron chi connectivity index (χ3n) is 7.29. The second-order valence-corrected chi connectivity index (χ2v) is 10.1. The summed E-state index contributed by atoms with van der Waals surface area (Å²) >= 11 is 0. The second kappa shape index (κ2) is 11.8. The fourth-order valence-electron chi connectivity index (χ4n) is 5.09. The van der Waals surface area contributed by atoms with E-state index < -0.39 is 5.91 Å². The molecule has 2 saturated heterocycles. The number of anilines is 3. The number of rotatable bonds is 7. The fourth-order valence-corrected chi connectivity index (χ4v) is 5.09. The molecule has 1 atom stereocenters. The van der Waals surface area contributed by atoms with Gasteiger partial charge in [0, 0.05) is 62.1 Å². The van der Waals surface area contributed by atoms with Crippen LogP contribution in [-0.4, -0.2) is 92.6 Å². The first kappa shape index (κ1) is 27.1. The Kier molecular flexibility index (Phi) is 7.60. The fraction of sp³-hybridized carbons (Fsp3) is 0.321. The third-order valence-corrected chi connectivity index (χ3v) is 7.29. The number of fused-ring (bicyclic) bond motifs is 1. The molecule has 2 fully saturated rings. The minimum atomic E-state index is -0.776. The Labute approximate surface area is 240 Å². The second-order valence-electron chi connectivity index (χ2n) is 10.1. The van der Waals surface area contributed by atoms with Crippen molar-refractivity contribution in [1.29, 1.82) is 0 Å². The normalized spacial score (nSPS) is 17.2. The number of imidazole rings is 1. The van der Waals surface area contributed by atoms with Gasteiger partial charge in [-0.05, 0) is 49.2 Å². The molecule has 14 nitrogen and oxygen atoms in total. The van der Waals surface area contributed by atoms with Gasteiger partial charge < -0.3 is 35.3 Å². The van der Waals surface area contributed by atoms with Crippen LogP contribution in [0.2, 0.25) is 0 Å². The number of carbonyl (C=O) groups excluding carboxylic acids is 3. The zero-order valence-corrected chi connectivity index (χ0v) is 22.8.